The SMILES string of the molecule is C[n+]1cccc(CCC(=O)OCCC/C2=C\Nc3ccccc3N=C/C(CCCOC(=O)CCc3ccc[n+](C)c3)=C/Nc3ccccc3N=C2)c1.[Br-].[Br-]. The molecular weight excluding hydrogens is 812 g/mol. The monoisotopic (exact) mass is 858 g/mol. The van der Waals surface area contributed by atoms with Crippen molar-refractivity contribution >= 4 is 47.1 Å². The van der Waals surface area contributed by atoms with Crippen molar-refractivity contribution in [3.8, 4) is 0 Å². The van der Waals surface area contributed by atoms with Crippen molar-refractivity contribution in [2.24, 2.45) is 24.1 Å². The predicted octanol–water partition coefficient (Wildman–Crippen LogP) is 0.966. The number of carbonyl (C=O) groups excluding carboxylic acids is 2. The first-order valence-corrected chi connectivity index (χ1v) is 17.8. The van der Waals surface area contributed by atoms with Crippen LogP contribution in [0.15, 0.2) is 131 Å². The van der Waals surface area contributed by atoms with Crippen LogP contribution in [-0.4, -0.2) is 37.6 Å². The zero-order chi connectivity index (χ0) is 36.4. The first-order chi connectivity index (χ1) is 25.4. The van der Waals surface area contributed by atoms with E-state index in [1.54, 1.807) is 0 Å². The van der Waals surface area contributed by atoms with E-state index < -0.39 is 0 Å². The molecule has 2 N–H and O–H groups in total. The Morgan fingerprint density at radius 1 is 0.593 bits per heavy atom. The van der Waals surface area contributed by atoms with Crippen LogP contribution in [0.4, 0.5) is 22.7 Å². The number of aryl methyl sites for hydroxylation is 4. The molecule has 0 saturated heterocycles. The first kappa shape index (κ1) is 43.5. The second-order valence-electron chi connectivity index (χ2n) is 12.7. The Bertz CT molecular complexity index is 1810. The number of para-hydroxylation sites is 4. The molecule has 2 aromatic heterocycles. The molecule has 12 heteroatoms. The van der Waals surface area contributed by atoms with Crippen molar-refractivity contribution in [2.75, 3.05) is 23.8 Å². The molecule has 54 heavy (non-hydrogen) atoms. The normalized spacial score (nSPS) is 14.0. The molecule has 0 saturated carbocycles. The number of aromatic nitrogens is 2. The summed E-state index contributed by atoms with van der Waals surface area (Å²) in [6.07, 6.45) is 20.1. The average Bonchev–Trinajstić information content (AvgIpc) is 3.15. The fraction of sp³-hybridized carbons (Fsp3) is 0.286. The van der Waals surface area contributed by atoms with Gasteiger partial charge in [0.1, 0.15) is 14.1 Å². The van der Waals surface area contributed by atoms with Crippen molar-refractivity contribution in [2.45, 2.75) is 51.4 Å². The van der Waals surface area contributed by atoms with E-state index in [2.05, 4.69) is 10.6 Å². The summed E-state index contributed by atoms with van der Waals surface area (Å²) in [5.74, 6) is -0.404. The van der Waals surface area contributed by atoms with E-state index >= 15 is 0 Å². The summed E-state index contributed by atoms with van der Waals surface area (Å²) in [6.45, 7) is 0.649. The van der Waals surface area contributed by atoms with Gasteiger partial charge in [0.2, 0.25) is 0 Å². The molecule has 5 rings (SSSR count). The van der Waals surface area contributed by atoms with Gasteiger partial charge in [-0.25, -0.2) is 9.13 Å². The minimum Gasteiger partial charge on any atom is -1.00 e. The first-order valence-electron chi connectivity index (χ1n) is 17.8. The van der Waals surface area contributed by atoms with E-state index in [1.165, 1.54) is 0 Å². The van der Waals surface area contributed by atoms with E-state index in [0.717, 1.165) is 45.0 Å². The number of halogens is 2. The number of carbonyl (C=O) groups is 2. The zero-order valence-electron chi connectivity index (χ0n) is 30.8. The number of nitrogens with zero attached hydrogens (tertiary/aromatic N) is 4. The number of nitrogens with one attached hydrogen (secondary N) is 2. The Balaban J connectivity index is 0.00000392. The number of esters is 2. The molecular formula is C42H48Br2N6O4. The summed E-state index contributed by atoms with van der Waals surface area (Å²) in [6, 6.07) is 23.7. The van der Waals surface area contributed by atoms with Crippen molar-refractivity contribution in [1.29, 1.82) is 0 Å². The van der Waals surface area contributed by atoms with Gasteiger partial charge in [-0.2, -0.15) is 0 Å². The molecule has 0 spiro atoms. The van der Waals surface area contributed by atoms with Crippen LogP contribution < -0.4 is 53.7 Å². The Morgan fingerprint density at radius 3 is 1.44 bits per heavy atom. The fourth-order valence-electron chi connectivity index (χ4n) is 5.57. The number of hydrogen-bond donors (Lipinski definition) is 2. The standard InChI is InChI=1S/C42H48N6O4.2BrH/c1-47-23-7-11-33(31-47)19-21-41(49)51-25-9-13-35-27-43-37-15-3-5-17-39(37)45-29-36(30-46-40-18-6-4-16-38(40)44-28-35)14-10-26-52-42(50)22-20-34-12-8-24-48(2)32-34;;/h3-8,11-12,15-18,23-24,27-32,43,46H,9-10,13-14,19-22,25-26H2,1-2H3;2*1H/q+2;;/p-2/b35-27+,36-30+,44-28?,45-29?;;. The molecule has 0 unspecified atom stereocenters. The highest BCUT2D eigenvalue weighted by Crippen LogP contribution is 2.27. The van der Waals surface area contributed by atoms with Gasteiger partial charge in [0.15, 0.2) is 24.8 Å². The lowest BCUT2D eigenvalue weighted by Gasteiger charge is -2.11. The minimum atomic E-state index is -0.202. The number of ether oxygens (including phenoxy) is 2. The van der Waals surface area contributed by atoms with Crippen LogP contribution in [0.25, 0.3) is 0 Å². The van der Waals surface area contributed by atoms with Gasteiger partial charge in [-0.1, -0.05) is 24.3 Å². The van der Waals surface area contributed by atoms with Gasteiger partial charge in [-0.3, -0.25) is 19.6 Å². The van der Waals surface area contributed by atoms with Gasteiger partial charge in [0, 0.05) is 60.9 Å². The molecule has 0 aliphatic carbocycles. The van der Waals surface area contributed by atoms with Crippen molar-refractivity contribution in [3.05, 3.63) is 132 Å². The third-order valence-electron chi connectivity index (χ3n) is 8.36. The molecule has 284 valence electrons. The van der Waals surface area contributed by atoms with E-state index in [-0.39, 0.29) is 45.9 Å². The van der Waals surface area contributed by atoms with Crippen LogP contribution in [-0.2, 0) is 46.0 Å². The molecule has 0 atom stereocenters. The predicted molar refractivity (Wildman–Crippen MR) is 205 cm³/mol. The minimum absolute atomic E-state index is 0. The van der Waals surface area contributed by atoms with Crippen LogP contribution in [0, 0.1) is 0 Å². The molecule has 1 aliphatic heterocycles. The van der Waals surface area contributed by atoms with Crippen LogP contribution >= 0.6 is 0 Å². The van der Waals surface area contributed by atoms with Gasteiger partial charge in [-0.15, -0.1) is 0 Å². The highest BCUT2D eigenvalue weighted by atomic mass is 79.9. The number of anilines is 2. The number of pyridine rings is 2. The van der Waals surface area contributed by atoms with Crippen LogP contribution in [0.1, 0.15) is 49.7 Å². The van der Waals surface area contributed by atoms with Gasteiger partial charge < -0.3 is 54.1 Å². The summed E-state index contributed by atoms with van der Waals surface area (Å²) in [4.78, 5) is 34.5. The van der Waals surface area contributed by atoms with Gasteiger partial charge in [0.25, 0.3) is 0 Å². The maximum absolute atomic E-state index is 12.4. The molecule has 2 aromatic carbocycles. The molecule has 4 aromatic rings. The Hall–Kier alpha value is -4.94. The number of hydrogen-bond acceptors (Lipinski definition) is 8. The maximum atomic E-state index is 12.4. The van der Waals surface area contributed by atoms with Crippen LogP contribution in [0.3, 0.4) is 0 Å². The molecule has 3 heterocycles. The zero-order valence-corrected chi connectivity index (χ0v) is 34.0. The van der Waals surface area contributed by atoms with Crippen LogP contribution in [0.5, 0.6) is 0 Å². The van der Waals surface area contributed by atoms with E-state index in [4.69, 9.17) is 19.5 Å². The van der Waals surface area contributed by atoms with Crippen molar-refractivity contribution < 1.29 is 62.2 Å². The Morgan fingerprint density at radius 2 is 1.02 bits per heavy atom. The van der Waals surface area contributed by atoms with Crippen LogP contribution in [0.2, 0.25) is 0 Å². The molecule has 0 bridgehead atoms. The highest BCUT2D eigenvalue weighted by molar-refractivity contribution is 5.87. The number of benzene rings is 2. The molecule has 0 fully saturated rings. The number of aliphatic imine (C=N–C) groups is 2. The molecule has 0 amide bonds. The summed E-state index contributed by atoms with van der Waals surface area (Å²) in [7, 11) is 3.93. The second kappa shape index (κ2) is 23.7. The second-order valence-corrected chi connectivity index (χ2v) is 12.7. The lowest BCUT2D eigenvalue weighted by molar-refractivity contribution is -0.672. The lowest BCUT2D eigenvalue weighted by atomic mass is 10.1. The molecule has 10 nitrogen and oxygen atoms in total. The van der Waals surface area contributed by atoms with Crippen molar-refractivity contribution in [1.82, 2.24) is 0 Å². The Kier molecular flexibility index (Phi) is 19.1. The van der Waals surface area contributed by atoms with Gasteiger partial charge in [-0.05, 0) is 86.1 Å². The fourth-order valence-corrected chi connectivity index (χ4v) is 5.57. The quantitative estimate of drug-likeness (QED) is 0.111. The summed E-state index contributed by atoms with van der Waals surface area (Å²) >= 11 is 0. The number of rotatable bonds is 14. The summed E-state index contributed by atoms with van der Waals surface area (Å²) in [5, 5.41) is 6.84. The highest BCUT2D eigenvalue weighted by Gasteiger charge is 2.09. The Labute approximate surface area is 339 Å². The van der Waals surface area contributed by atoms with E-state index in [0.29, 0.717) is 64.6 Å². The average molecular weight is 861 g/mol. The number of allylic oxidation sites excluding steroid dienone is 2. The van der Waals surface area contributed by atoms with E-state index in [1.807, 2.05) is 146 Å². The maximum Gasteiger partial charge on any atom is 0.306 e. The largest absolute Gasteiger partial charge is 1.00 e. The topological polar surface area (TPSA) is 109 Å². The summed E-state index contributed by atoms with van der Waals surface area (Å²) in [5.41, 5.74) is 7.34. The molecule has 0 radical (unpaired) electrons. The van der Waals surface area contributed by atoms with Gasteiger partial charge >= 0.3 is 11.9 Å². The van der Waals surface area contributed by atoms with E-state index in [9.17, 15) is 9.59 Å². The van der Waals surface area contributed by atoms with Gasteiger partial charge in [0.05, 0.1) is 36.0 Å². The lowest BCUT2D eigenvalue weighted by Crippen LogP contribution is -3.00. The third-order valence-corrected chi connectivity index (χ3v) is 8.36. The summed E-state index contributed by atoms with van der Waals surface area (Å²) < 4.78 is 15.1. The smallest absolute Gasteiger partial charge is 0.306 e. The number of fused-ring (bicyclic) bond motifs is 2. The molecule has 1 aliphatic rings. The van der Waals surface area contributed by atoms with Crippen molar-refractivity contribution in [3.63, 3.8) is 0 Å². The third kappa shape index (κ3) is 15.2.